The third kappa shape index (κ3) is 20.3. The average Bonchev–Trinajstić information content (AvgIpc) is 1.65. The Morgan fingerprint density at radius 1 is 0.418 bits per heavy atom. The first kappa shape index (κ1) is 78.8. The number of nitrogens with one attached hydrogen (secondary N) is 6. The zero-order valence-electron chi connectivity index (χ0n) is 58.1. The molecule has 0 amide bonds. The molecule has 576 valence electrons. The lowest BCUT2D eigenvalue weighted by atomic mass is 10.1. The number of likely N-dealkylation sites (N-methyl/N-ethyl adjacent to an activating group) is 2. The number of hydrogen-bond donors (Lipinski definition) is 14. The molecule has 1 saturated heterocycles. The Balaban J connectivity index is 0.000000146. The highest BCUT2D eigenvalue weighted by molar-refractivity contribution is 7.90. The van der Waals surface area contributed by atoms with Crippen molar-refractivity contribution in [3.05, 3.63) is 140 Å². The molecule has 1 aliphatic rings. The first-order valence-electron chi connectivity index (χ1n) is 31.7. The van der Waals surface area contributed by atoms with E-state index in [2.05, 4.69) is 126 Å². The quantitative estimate of drug-likeness (QED) is 0.0434. The molecule has 5 aromatic carbocycles. The van der Waals surface area contributed by atoms with E-state index in [9.17, 15) is 33.7 Å². The minimum Gasteiger partial charge on any atom is -0.369 e. The summed E-state index contributed by atoms with van der Waals surface area (Å²) in [6.07, 6.45) is 0. The van der Waals surface area contributed by atoms with Crippen LogP contribution in [0.1, 0.15) is 0 Å². The summed E-state index contributed by atoms with van der Waals surface area (Å²) in [5.74, 6) is 5.12. The van der Waals surface area contributed by atoms with Crippen molar-refractivity contribution in [3.8, 4) is 34.5 Å². The molecule has 0 spiro atoms. The first-order valence-corrected chi connectivity index (χ1v) is 40.1. The summed E-state index contributed by atoms with van der Waals surface area (Å²) in [7, 11) is -7.24. The van der Waals surface area contributed by atoms with E-state index >= 15 is 0 Å². The van der Waals surface area contributed by atoms with Gasteiger partial charge in [0.05, 0.1) is 60.5 Å². The maximum absolute atomic E-state index is 11.4. The highest BCUT2D eigenvalue weighted by Crippen LogP contribution is 2.29. The van der Waals surface area contributed by atoms with Crippen molar-refractivity contribution in [1.29, 1.82) is 0 Å². The van der Waals surface area contributed by atoms with Gasteiger partial charge >= 0.3 is 0 Å². The van der Waals surface area contributed by atoms with Crippen LogP contribution in [0, 0.1) is 0 Å². The molecule has 22 N–H and O–H groups in total. The third-order valence-corrected chi connectivity index (χ3v) is 20.4. The van der Waals surface area contributed by atoms with Gasteiger partial charge in [-0.1, -0.05) is 30.3 Å². The monoisotopic (exact) mass is 1640 g/mol. The van der Waals surface area contributed by atoms with E-state index in [4.69, 9.17) is 43.5 Å². The van der Waals surface area contributed by atoms with Gasteiger partial charge in [-0.2, -0.15) is 64.9 Å². The maximum atomic E-state index is 11.4. The standard InChI is InChI=1S/C18H16N8O2S.C15H20N10O2S2.C14H20N10O2S2.C11H13N9O2S2/c19-17-22-18(21-13-6-8-14(9-7-13)29(20,27)28)25-26(17)16-11-10-15(23-24-16)12-4-2-1-3-5-12;1-23-6-8-24(9-7-23)12-13(22-28-21-12)25-14(16)19-15(20-25)18-10-2-4-11(5-3-10)29(17,26)27;1-23(2)8-7-17-11-12(22-27-21-11)24-13(15)19-14(20-24)18-9-3-5-10(6-4-9)28(16,25)26;1-14-8-9(19-23-18-8)20-10(12)16-11(17-20)15-6-2-4-7(5-3-6)24(13,21)22/h1-11H,(H2,20,27,28)(H3,19,21,22,25);2-5H,6-9H2,1H3,(H2,17,26,27)(H3,16,18,19,20);3-6H,7-8H2,1-2H3,(H,17,21)(H2,16,25,26)(H3,15,18,19,20);2-5H,1H3,(H,14,18)(H2,13,21,22)(H3,12,15,16,17). The number of primary sulfonamides is 4. The smallest absolute Gasteiger partial charge is 0.248 e. The van der Waals surface area contributed by atoms with Crippen molar-refractivity contribution >= 4 is 163 Å². The summed E-state index contributed by atoms with van der Waals surface area (Å²) in [5.41, 5.74) is 27.8. The number of benzene rings is 5. The van der Waals surface area contributed by atoms with Crippen LogP contribution >= 0.6 is 35.2 Å². The number of hydrogen-bond acceptors (Lipinski definition) is 40. The van der Waals surface area contributed by atoms with Gasteiger partial charge in [0, 0.05) is 74.6 Å². The zero-order chi connectivity index (χ0) is 78.7. The topological polar surface area (TPSA) is 653 Å². The molecule has 0 unspecified atom stereocenters. The second-order valence-electron chi connectivity index (χ2n) is 23.3. The Morgan fingerprint density at radius 2 is 0.773 bits per heavy atom. The fraction of sp³-hybridized carbons (Fsp3) is 0.172. The number of nitrogens with zero attached hydrogens (tertiary/aromatic N) is 23. The van der Waals surface area contributed by atoms with Crippen LogP contribution in [0.5, 0.6) is 0 Å². The molecular formula is C58H69N37O8S7. The van der Waals surface area contributed by atoms with Crippen LogP contribution in [0.3, 0.4) is 0 Å². The number of piperazine rings is 1. The SMILES string of the molecule is CN(C)CCNc1nsnc1-n1nc(Nc2ccc(S(N)(=O)=O)cc2)nc1N.CN1CCN(c2nsnc2-n2nc(Nc3ccc(S(N)(=O)=O)cc3)nc2N)CC1.CNc1nsnc1-n1nc(Nc2ccc(S(N)(=O)=O)cc2)nc1N.Nc1nc(Nc2ccc(S(N)(=O)=O)cc2)nn1-c1ccc(-c2ccccc2)nn1. The van der Waals surface area contributed by atoms with Crippen LogP contribution in [0.15, 0.2) is 159 Å². The molecule has 45 nitrogen and oxygen atoms in total. The van der Waals surface area contributed by atoms with Crippen molar-refractivity contribution in [1.82, 2.24) is 105 Å². The molecule has 14 rings (SSSR count). The van der Waals surface area contributed by atoms with Gasteiger partial charge in [0.1, 0.15) is 0 Å². The Kier molecular flexibility index (Phi) is 24.3. The van der Waals surface area contributed by atoms with Gasteiger partial charge < -0.3 is 69.5 Å². The molecule has 0 radical (unpaired) electrons. The average molecular weight is 1640 g/mol. The lowest BCUT2D eigenvalue weighted by molar-refractivity contribution is 0.312. The number of rotatable bonds is 23. The van der Waals surface area contributed by atoms with Crippen molar-refractivity contribution in [2.45, 2.75) is 19.6 Å². The molecule has 13 aromatic rings. The molecule has 1 aliphatic heterocycles. The highest BCUT2D eigenvalue weighted by Gasteiger charge is 2.25. The van der Waals surface area contributed by atoms with E-state index in [1.54, 1.807) is 61.6 Å². The normalized spacial score (nSPS) is 12.6. The van der Waals surface area contributed by atoms with Gasteiger partial charge in [-0.3, -0.25) is 0 Å². The van der Waals surface area contributed by atoms with Crippen LogP contribution in [0.25, 0.3) is 34.5 Å². The van der Waals surface area contributed by atoms with Gasteiger partial charge in [0.15, 0.2) is 23.3 Å². The van der Waals surface area contributed by atoms with E-state index in [1.807, 2.05) is 55.4 Å². The molecule has 0 saturated carbocycles. The summed E-state index contributed by atoms with van der Waals surface area (Å²) < 4.78 is 121. The zero-order valence-corrected chi connectivity index (χ0v) is 63.8. The minimum absolute atomic E-state index is 0.00910. The van der Waals surface area contributed by atoms with E-state index in [0.29, 0.717) is 64.2 Å². The molecule has 8 aromatic heterocycles. The van der Waals surface area contributed by atoms with E-state index in [1.165, 1.54) is 67.3 Å². The van der Waals surface area contributed by atoms with Crippen LogP contribution in [0.2, 0.25) is 0 Å². The Morgan fingerprint density at radius 3 is 1.15 bits per heavy atom. The van der Waals surface area contributed by atoms with Crippen LogP contribution in [-0.4, -0.2) is 206 Å². The minimum atomic E-state index is -3.75. The van der Waals surface area contributed by atoms with Gasteiger partial charge in [0.25, 0.3) is 0 Å². The first-order chi connectivity index (χ1) is 52.3. The Hall–Kier alpha value is -12.2. The number of nitrogens with two attached hydrogens (primary N) is 8. The largest absolute Gasteiger partial charge is 0.369 e. The van der Waals surface area contributed by atoms with Crippen molar-refractivity contribution in [3.63, 3.8) is 0 Å². The molecule has 1 fully saturated rings. The molecule has 0 atom stereocenters. The van der Waals surface area contributed by atoms with Gasteiger partial charge in [-0.25, -0.2) is 54.2 Å². The lowest BCUT2D eigenvalue weighted by Crippen LogP contribution is -2.45. The van der Waals surface area contributed by atoms with E-state index in [0.717, 1.165) is 85.0 Å². The second-order valence-corrected chi connectivity index (χ2v) is 31.1. The molecule has 0 aliphatic carbocycles. The molecular weight excluding hydrogens is 1570 g/mol. The van der Waals surface area contributed by atoms with Gasteiger partial charge in [0.2, 0.25) is 105 Å². The third-order valence-electron chi connectivity index (χ3n) is 15.1. The van der Waals surface area contributed by atoms with Crippen molar-refractivity contribution < 1.29 is 33.7 Å². The van der Waals surface area contributed by atoms with Gasteiger partial charge in [-0.15, -0.1) is 30.6 Å². The van der Waals surface area contributed by atoms with Crippen LogP contribution < -0.4 is 80.3 Å². The molecule has 0 bridgehead atoms. The van der Waals surface area contributed by atoms with Crippen molar-refractivity contribution in [2.24, 2.45) is 20.6 Å². The van der Waals surface area contributed by atoms with Crippen LogP contribution in [-0.2, 0) is 40.1 Å². The molecule has 9 heterocycles. The summed E-state index contributed by atoms with van der Waals surface area (Å²) in [4.78, 5) is 23.1. The van der Waals surface area contributed by atoms with Gasteiger partial charge in [-0.05, 0) is 130 Å². The molecule has 52 heteroatoms. The number of anilines is 15. The van der Waals surface area contributed by atoms with E-state index in [-0.39, 0.29) is 67.2 Å². The summed E-state index contributed by atoms with van der Waals surface area (Å²) >= 11 is 3.14. The summed E-state index contributed by atoms with van der Waals surface area (Å²) in [5, 5.41) is 63.8. The van der Waals surface area contributed by atoms with E-state index < -0.39 is 40.1 Å². The fourth-order valence-electron chi connectivity index (χ4n) is 9.62. The maximum Gasteiger partial charge on any atom is 0.248 e. The fourth-order valence-corrected chi connectivity index (χ4v) is 13.3. The number of aromatic nitrogens is 20. The van der Waals surface area contributed by atoms with Crippen LogP contribution in [0.4, 0.5) is 87.8 Å². The number of nitrogen functional groups attached to an aromatic ring is 4. The second kappa shape index (κ2) is 33.9. The predicted molar refractivity (Wildman–Crippen MR) is 415 cm³/mol. The summed E-state index contributed by atoms with van der Waals surface area (Å²) in [6, 6.07) is 36.7. The Bertz CT molecular complexity index is 5760. The number of sulfonamides is 4. The molecule has 110 heavy (non-hydrogen) atoms. The lowest BCUT2D eigenvalue weighted by Gasteiger charge is -2.32. The predicted octanol–water partition coefficient (Wildman–Crippen LogP) is 1.74. The van der Waals surface area contributed by atoms with Crippen molar-refractivity contribution in [2.75, 3.05) is 127 Å². The summed E-state index contributed by atoms with van der Waals surface area (Å²) in [6.45, 7) is 5.05. The highest BCUT2D eigenvalue weighted by atomic mass is 32.2. The Labute approximate surface area is 639 Å².